The number of aromatic nitrogens is 3. The lowest BCUT2D eigenvalue weighted by Gasteiger charge is -2.08. The molecule has 1 N–H and O–H groups in total. The Kier molecular flexibility index (Phi) is 4.11. The van der Waals surface area contributed by atoms with E-state index in [9.17, 15) is 4.79 Å². The molecule has 0 aromatic carbocycles. The van der Waals surface area contributed by atoms with Gasteiger partial charge in [-0.25, -0.2) is 4.98 Å². The minimum atomic E-state index is -0.0832. The fraction of sp³-hybridized carbons (Fsp3) is 0.308. The Balaban J connectivity index is 2.51. The topological polar surface area (TPSA) is 58.6 Å². The number of aromatic amines is 1. The van der Waals surface area contributed by atoms with Gasteiger partial charge in [0, 0.05) is 18.0 Å². The molecule has 0 saturated heterocycles. The first-order chi connectivity index (χ1) is 8.58. The third-order valence-electron chi connectivity index (χ3n) is 2.47. The molecule has 0 aliphatic heterocycles. The maximum absolute atomic E-state index is 11.9. The second-order valence-corrected chi connectivity index (χ2v) is 5.59. The first kappa shape index (κ1) is 13.2. The molecule has 2 aromatic rings. The summed E-state index contributed by atoms with van der Waals surface area (Å²) in [6.45, 7) is 4.23. The lowest BCUT2D eigenvalue weighted by atomic mass is 10.1. The normalized spacial score (nSPS) is 10.9. The number of nitrogens with zero attached hydrogens (tertiary/aromatic N) is 2. The molecule has 2 aromatic heterocycles. The van der Waals surface area contributed by atoms with Crippen LogP contribution in [0.15, 0.2) is 29.3 Å². The van der Waals surface area contributed by atoms with Gasteiger partial charge in [-0.05, 0) is 47.1 Å². The van der Waals surface area contributed by atoms with Gasteiger partial charge in [0.15, 0.2) is 0 Å². The lowest BCUT2D eigenvalue weighted by Crippen LogP contribution is -2.17. The van der Waals surface area contributed by atoms with Crippen molar-refractivity contribution in [3.63, 3.8) is 0 Å². The number of nitrogens with one attached hydrogen (secondary N) is 1. The van der Waals surface area contributed by atoms with Crippen LogP contribution >= 0.6 is 22.6 Å². The molecule has 0 atom stereocenters. The van der Waals surface area contributed by atoms with Crippen molar-refractivity contribution in [2.45, 2.75) is 20.3 Å². The number of hydrogen-bond donors (Lipinski definition) is 1. The maximum atomic E-state index is 11.9. The van der Waals surface area contributed by atoms with Crippen LogP contribution in [0.25, 0.3) is 11.4 Å². The van der Waals surface area contributed by atoms with Crippen molar-refractivity contribution in [3.8, 4) is 11.4 Å². The van der Waals surface area contributed by atoms with Gasteiger partial charge in [-0.15, -0.1) is 0 Å². The van der Waals surface area contributed by atoms with E-state index < -0.39 is 0 Å². The van der Waals surface area contributed by atoms with Crippen LogP contribution in [0.4, 0.5) is 0 Å². The summed E-state index contributed by atoms with van der Waals surface area (Å²) in [6, 6.07) is 3.71. The van der Waals surface area contributed by atoms with Gasteiger partial charge in [0.25, 0.3) is 5.56 Å². The summed E-state index contributed by atoms with van der Waals surface area (Å²) in [7, 11) is 0. The van der Waals surface area contributed by atoms with Crippen molar-refractivity contribution in [2.24, 2.45) is 5.92 Å². The van der Waals surface area contributed by atoms with E-state index in [1.807, 2.05) is 12.1 Å². The number of pyridine rings is 1. The molecule has 2 rings (SSSR count). The molecule has 0 aliphatic rings. The zero-order valence-corrected chi connectivity index (χ0v) is 12.4. The Labute approximate surface area is 119 Å². The predicted molar refractivity (Wildman–Crippen MR) is 79.3 cm³/mol. The minimum Gasteiger partial charge on any atom is -0.306 e. The number of hydrogen-bond acceptors (Lipinski definition) is 3. The molecule has 0 saturated carbocycles. The molecule has 0 aliphatic carbocycles. The van der Waals surface area contributed by atoms with Crippen LogP contribution in [0, 0.1) is 9.49 Å². The number of halogens is 1. The molecule has 0 fully saturated rings. The molecule has 0 spiro atoms. The molecule has 0 amide bonds. The van der Waals surface area contributed by atoms with E-state index in [-0.39, 0.29) is 5.56 Å². The van der Waals surface area contributed by atoms with Gasteiger partial charge < -0.3 is 4.98 Å². The van der Waals surface area contributed by atoms with Gasteiger partial charge in [-0.3, -0.25) is 9.78 Å². The van der Waals surface area contributed by atoms with Crippen LogP contribution in [-0.2, 0) is 6.42 Å². The molecule has 0 radical (unpaired) electrons. The largest absolute Gasteiger partial charge is 0.306 e. The third kappa shape index (κ3) is 2.95. The van der Waals surface area contributed by atoms with E-state index in [1.54, 1.807) is 12.4 Å². The Morgan fingerprint density at radius 2 is 2.22 bits per heavy atom. The predicted octanol–water partition coefficient (Wildman–Crippen LogP) is 2.64. The molecule has 94 valence electrons. The summed E-state index contributed by atoms with van der Waals surface area (Å²) in [6.07, 6.45) is 4.20. The third-order valence-corrected chi connectivity index (χ3v) is 3.58. The quantitative estimate of drug-likeness (QED) is 0.862. The van der Waals surface area contributed by atoms with Gasteiger partial charge in [0.2, 0.25) is 0 Å². The molecular formula is C13H14IN3O. The fourth-order valence-electron chi connectivity index (χ4n) is 1.67. The van der Waals surface area contributed by atoms with Crippen LogP contribution < -0.4 is 5.56 Å². The summed E-state index contributed by atoms with van der Waals surface area (Å²) in [5.74, 6) is 1.05. The van der Waals surface area contributed by atoms with Crippen LogP contribution in [-0.4, -0.2) is 15.0 Å². The zero-order valence-electron chi connectivity index (χ0n) is 10.3. The Morgan fingerprint density at radius 3 is 2.83 bits per heavy atom. The smallest absolute Gasteiger partial charge is 0.264 e. The highest BCUT2D eigenvalue weighted by Gasteiger charge is 2.11. The van der Waals surface area contributed by atoms with Crippen LogP contribution in [0.1, 0.15) is 19.5 Å². The summed E-state index contributed by atoms with van der Waals surface area (Å²) in [5.41, 5.74) is 1.60. The number of H-pyrrole nitrogens is 1. The van der Waals surface area contributed by atoms with Gasteiger partial charge in [0.05, 0.1) is 9.26 Å². The van der Waals surface area contributed by atoms with E-state index in [2.05, 4.69) is 51.4 Å². The van der Waals surface area contributed by atoms with Crippen molar-refractivity contribution in [3.05, 3.63) is 44.1 Å². The standard InChI is InChI=1S/C13H14IN3O/c1-8(2)6-10-11(14)13(18)17-12(16-10)9-4-3-5-15-7-9/h3-5,7-8H,6H2,1-2H3,(H,16,17,18). The van der Waals surface area contributed by atoms with Gasteiger partial charge >= 0.3 is 0 Å². The van der Waals surface area contributed by atoms with Crippen molar-refractivity contribution in [1.82, 2.24) is 15.0 Å². The Bertz CT molecular complexity index is 593. The molecule has 0 bridgehead atoms. The Morgan fingerprint density at radius 1 is 1.44 bits per heavy atom. The summed E-state index contributed by atoms with van der Waals surface area (Å²) in [4.78, 5) is 23.3. The fourth-order valence-corrected chi connectivity index (χ4v) is 2.14. The minimum absolute atomic E-state index is 0.0832. The average molecular weight is 355 g/mol. The van der Waals surface area contributed by atoms with Crippen molar-refractivity contribution in [1.29, 1.82) is 0 Å². The lowest BCUT2D eigenvalue weighted by molar-refractivity contribution is 0.631. The van der Waals surface area contributed by atoms with Crippen molar-refractivity contribution in [2.75, 3.05) is 0 Å². The van der Waals surface area contributed by atoms with E-state index in [0.29, 0.717) is 15.3 Å². The van der Waals surface area contributed by atoms with Gasteiger partial charge in [-0.2, -0.15) is 0 Å². The highest BCUT2D eigenvalue weighted by molar-refractivity contribution is 14.1. The molecular weight excluding hydrogens is 341 g/mol. The van der Waals surface area contributed by atoms with Crippen LogP contribution in [0.2, 0.25) is 0 Å². The molecule has 5 heteroatoms. The van der Waals surface area contributed by atoms with Crippen molar-refractivity contribution >= 4 is 22.6 Å². The Hall–Kier alpha value is -1.24. The van der Waals surface area contributed by atoms with E-state index >= 15 is 0 Å². The monoisotopic (exact) mass is 355 g/mol. The number of rotatable bonds is 3. The first-order valence-corrected chi connectivity index (χ1v) is 6.85. The molecule has 18 heavy (non-hydrogen) atoms. The van der Waals surface area contributed by atoms with Gasteiger partial charge in [-0.1, -0.05) is 13.8 Å². The highest BCUT2D eigenvalue weighted by Crippen LogP contribution is 2.16. The molecule has 0 unspecified atom stereocenters. The average Bonchev–Trinajstić information content (AvgIpc) is 2.35. The second-order valence-electron chi connectivity index (χ2n) is 4.51. The van der Waals surface area contributed by atoms with E-state index in [4.69, 9.17) is 0 Å². The SMILES string of the molecule is CC(C)Cc1nc(-c2cccnc2)[nH]c(=O)c1I. The second kappa shape index (κ2) is 5.60. The summed E-state index contributed by atoms with van der Waals surface area (Å²) < 4.78 is 0.675. The van der Waals surface area contributed by atoms with Gasteiger partial charge in [0.1, 0.15) is 5.82 Å². The van der Waals surface area contributed by atoms with Crippen LogP contribution in [0.3, 0.4) is 0 Å². The first-order valence-electron chi connectivity index (χ1n) is 5.77. The maximum Gasteiger partial charge on any atom is 0.264 e. The zero-order chi connectivity index (χ0) is 13.1. The molecule has 2 heterocycles. The van der Waals surface area contributed by atoms with E-state index in [1.165, 1.54) is 0 Å². The summed E-state index contributed by atoms with van der Waals surface area (Å²) >= 11 is 2.05. The van der Waals surface area contributed by atoms with E-state index in [0.717, 1.165) is 17.7 Å². The van der Waals surface area contributed by atoms with Crippen LogP contribution in [0.5, 0.6) is 0 Å². The highest BCUT2D eigenvalue weighted by atomic mass is 127. The summed E-state index contributed by atoms with van der Waals surface area (Å²) in [5, 5.41) is 0. The van der Waals surface area contributed by atoms with Crippen molar-refractivity contribution < 1.29 is 0 Å². The molecule has 4 nitrogen and oxygen atoms in total.